The van der Waals surface area contributed by atoms with Gasteiger partial charge in [0.1, 0.15) is 5.69 Å². The second kappa shape index (κ2) is 4.77. The molecular formula is C15H16N4. The Morgan fingerprint density at radius 3 is 2.53 bits per heavy atom. The van der Waals surface area contributed by atoms with Gasteiger partial charge in [0.2, 0.25) is 0 Å². The fourth-order valence-corrected chi connectivity index (χ4v) is 2.69. The molecule has 0 bridgehead atoms. The van der Waals surface area contributed by atoms with Crippen molar-refractivity contribution in [2.75, 3.05) is 5.73 Å². The summed E-state index contributed by atoms with van der Waals surface area (Å²) < 4.78 is 2.01. The van der Waals surface area contributed by atoms with Crippen molar-refractivity contribution in [2.45, 2.75) is 31.7 Å². The molecule has 4 nitrogen and oxygen atoms in total. The van der Waals surface area contributed by atoms with Gasteiger partial charge >= 0.3 is 0 Å². The van der Waals surface area contributed by atoms with Crippen LogP contribution >= 0.6 is 0 Å². The Labute approximate surface area is 112 Å². The standard InChI is InChI=1S/C15H16N4/c16-9-11-5-7-12(8-6-11)15-14(17)10-19(18-15)13-3-1-2-4-13/h5-8,10,13H,1-4,17H2. The minimum atomic E-state index is 0.495. The number of hydrogen-bond donors (Lipinski definition) is 1. The van der Waals surface area contributed by atoms with Crippen LogP contribution in [0.4, 0.5) is 5.69 Å². The number of hydrogen-bond acceptors (Lipinski definition) is 3. The quantitative estimate of drug-likeness (QED) is 0.892. The van der Waals surface area contributed by atoms with Gasteiger partial charge in [-0.05, 0) is 25.0 Å². The number of nitriles is 1. The highest BCUT2D eigenvalue weighted by Crippen LogP contribution is 2.32. The van der Waals surface area contributed by atoms with Crippen LogP contribution in [0.5, 0.6) is 0 Å². The maximum atomic E-state index is 8.81. The van der Waals surface area contributed by atoms with Crippen molar-refractivity contribution in [1.82, 2.24) is 9.78 Å². The fourth-order valence-electron chi connectivity index (χ4n) is 2.69. The van der Waals surface area contributed by atoms with Crippen LogP contribution in [0.1, 0.15) is 37.3 Å². The lowest BCUT2D eigenvalue weighted by Gasteiger charge is -2.08. The zero-order chi connectivity index (χ0) is 13.2. The normalized spacial score (nSPS) is 15.5. The molecule has 19 heavy (non-hydrogen) atoms. The summed E-state index contributed by atoms with van der Waals surface area (Å²) in [6.45, 7) is 0. The maximum absolute atomic E-state index is 8.81. The second-order valence-electron chi connectivity index (χ2n) is 5.04. The van der Waals surface area contributed by atoms with Gasteiger partial charge in [0.15, 0.2) is 0 Å². The van der Waals surface area contributed by atoms with Crippen molar-refractivity contribution in [1.29, 1.82) is 5.26 Å². The van der Waals surface area contributed by atoms with Crippen LogP contribution in [0.3, 0.4) is 0 Å². The van der Waals surface area contributed by atoms with Crippen LogP contribution in [0.15, 0.2) is 30.5 Å². The van der Waals surface area contributed by atoms with E-state index in [1.165, 1.54) is 25.7 Å². The first-order valence-corrected chi connectivity index (χ1v) is 6.63. The molecule has 0 aliphatic heterocycles. The van der Waals surface area contributed by atoms with Gasteiger partial charge in [-0.2, -0.15) is 10.4 Å². The van der Waals surface area contributed by atoms with E-state index in [0.717, 1.165) is 11.3 Å². The number of nitrogens with two attached hydrogens (primary N) is 1. The molecule has 2 aromatic rings. The van der Waals surface area contributed by atoms with Crippen molar-refractivity contribution in [3.8, 4) is 17.3 Å². The number of rotatable bonds is 2. The molecular weight excluding hydrogens is 236 g/mol. The summed E-state index contributed by atoms with van der Waals surface area (Å²) in [5, 5.41) is 13.4. The van der Waals surface area contributed by atoms with Gasteiger partial charge in [-0.25, -0.2) is 0 Å². The number of nitrogen functional groups attached to an aromatic ring is 1. The molecule has 0 amide bonds. The lowest BCUT2D eigenvalue weighted by Crippen LogP contribution is -2.04. The van der Waals surface area contributed by atoms with Crippen LogP contribution < -0.4 is 5.73 Å². The van der Waals surface area contributed by atoms with Crippen LogP contribution in [0, 0.1) is 11.3 Å². The molecule has 0 atom stereocenters. The van der Waals surface area contributed by atoms with Gasteiger partial charge in [0.05, 0.1) is 23.4 Å². The predicted molar refractivity (Wildman–Crippen MR) is 74.3 cm³/mol. The minimum Gasteiger partial charge on any atom is -0.396 e. The number of benzene rings is 1. The van der Waals surface area contributed by atoms with Gasteiger partial charge in [0.25, 0.3) is 0 Å². The van der Waals surface area contributed by atoms with Crippen molar-refractivity contribution < 1.29 is 0 Å². The molecule has 3 rings (SSSR count). The highest BCUT2D eigenvalue weighted by atomic mass is 15.3. The lowest BCUT2D eigenvalue weighted by atomic mass is 10.1. The summed E-state index contributed by atoms with van der Waals surface area (Å²) in [5.41, 5.74) is 9.20. The van der Waals surface area contributed by atoms with Crippen molar-refractivity contribution in [3.63, 3.8) is 0 Å². The zero-order valence-electron chi connectivity index (χ0n) is 10.7. The maximum Gasteiger partial charge on any atom is 0.115 e. The van der Waals surface area contributed by atoms with Crippen LogP contribution in [0.25, 0.3) is 11.3 Å². The van der Waals surface area contributed by atoms with E-state index in [0.29, 0.717) is 17.3 Å². The van der Waals surface area contributed by atoms with Crippen LogP contribution in [-0.4, -0.2) is 9.78 Å². The molecule has 1 aromatic carbocycles. The number of aromatic nitrogens is 2. The summed E-state index contributed by atoms with van der Waals surface area (Å²) in [6.07, 6.45) is 6.86. The Morgan fingerprint density at radius 1 is 1.21 bits per heavy atom. The molecule has 96 valence electrons. The first-order chi connectivity index (χ1) is 9.28. The zero-order valence-corrected chi connectivity index (χ0v) is 10.7. The average Bonchev–Trinajstić information content (AvgIpc) is 3.08. The monoisotopic (exact) mass is 252 g/mol. The molecule has 1 aromatic heterocycles. The van der Waals surface area contributed by atoms with Gasteiger partial charge in [-0.15, -0.1) is 0 Å². The topological polar surface area (TPSA) is 67.6 Å². The van der Waals surface area contributed by atoms with Crippen molar-refractivity contribution in [2.24, 2.45) is 0 Å². The first-order valence-electron chi connectivity index (χ1n) is 6.63. The van der Waals surface area contributed by atoms with Crippen molar-refractivity contribution in [3.05, 3.63) is 36.0 Å². The van der Waals surface area contributed by atoms with E-state index in [9.17, 15) is 0 Å². The Bertz CT molecular complexity index is 613. The first kappa shape index (κ1) is 11.8. The smallest absolute Gasteiger partial charge is 0.115 e. The third-order valence-corrected chi connectivity index (χ3v) is 3.75. The molecule has 1 aliphatic rings. The van der Waals surface area contributed by atoms with Gasteiger partial charge in [-0.1, -0.05) is 25.0 Å². The fraction of sp³-hybridized carbons (Fsp3) is 0.333. The van der Waals surface area contributed by atoms with E-state index in [2.05, 4.69) is 11.2 Å². The third kappa shape index (κ3) is 2.19. The van der Waals surface area contributed by atoms with Gasteiger partial charge in [-0.3, -0.25) is 4.68 Å². The Morgan fingerprint density at radius 2 is 1.89 bits per heavy atom. The van der Waals surface area contributed by atoms with E-state index in [1.807, 2.05) is 23.0 Å². The highest BCUT2D eigenvalue weighted by molar-refractivity contribution is 5.72. The van der Waals surface area contributed by atoms with Crippen molar-refractivity contribution >= 4 is 5.69 Å². The van der Waals surface area contributed by atoms with E-state index in [1.54, 1.807) is 12.1 Å². The molecule has 2 N–H and O–H groups in total. The lowest BCUT2D eigenvalue weighted by molar-refractivity contribution is 0.468. The summed E-state index contributed by atoms with van der Waals surface area (Å²) in [6, 6.07) is 10.00. The number of anilines is 1. The highest BCUT2D eigenvalue weighted by Gasteiger charge is 2.19. The molecule has 1 aliphatic carbocycles. The summed E-state index contributed by atoms with van der Waals surface area (Å²) in [5.74, 6) is 0. The Balaban J connectivity index is 1.93. The predicted octanol–water partition coefficient (Wildman–Crippen LogP) is 3.12. The molecule has 1 saturated carbocycles. The molecule has 0 radical (unpaired) electrons. The average molecular weight is 252 g/mol. The molecule has 1 fully saturated rings. The van der Waals surface area contributed by atoms with Crippen LogP contribution in [-0.2, 0) is 0 Å². The molecule has 0 unspecified atom stereocenters. The Hall–Kier alpha value is -2.28. The van der Waals surface area contributed by atoms with Gasteiger partial charge in [0, 0.05) is 11.8 Å². The Kier molecular flexibility index (Phi) is 2.96. The van der Waals surface area contributed by atoms with E-state index in [-0.39, 0.29) is 0 Å². The van der Waals surface area contributed by atoms with E-state index in [4.69, 9.17) is 11.0 Å². The van der Waals surface area contributed by atoms with Crippen LogP contribution in [0.2, 0.25) is 0 Å². The number of nitrogens with zero attached hydrogens (tertiary/aromatic N) is 3. The van der Waals surface area contributed by atoms with Gasteiger partial charge < -0.3 is 5.73 Å². The summed E-state index contributed by atoms with van der Waals surface area (Å²) in [7, 11) is 0. The summed E-state index contributed by atoms with van der Waals surface area (Å²) in [4.78, 5) is 0. The second-order valence-corrected chi connectivity index (χ2v) is 5.04. The minimum absolute atomic E-state index is 0.495. The summed E-state index contributed by atoms with van der Waals surface area (Å²) >= 11 is 0. The molecule has 1 heterocycles. The molecule has 0 spiro atoms. The van der Waals surface area contributed by atoms with E-state index >= 15 is 0 Å². The SMILES string of the molecule is N#Cc1ccc(-c2nn(C3CCCC3)cc2N)cc1. The third-order valence-electron chi connectivity index (χ3n) is 3.75. The molecule has 4 heteroatoms. The molecule has 0 saturated heterocycles. The van der Waals surface area contributed by atoms with E-state index < -0.39 is 0 Å². The largest absolute Gasteiger partial charge is 0.396 e.